The predicted molar refractivity (Wildman–Crippen MR) is 104 cm³/mol. The van der Waals surface area contributed by atoms with Crippen molar-refractivity contribution in [3.05, 3.63) is 29.3 Å². The molecule has 2 rings (SSSR count). The second-order valence-electron chi connectivity index (χ2n) is 7.89. The number of ether oxygens (including phenoxy) is 1. The molecule has 0 spiro atoms. The molecule has 1 aliphatic heterocycles. The van der Waals surface area contributed by atoms with Crippen molar-refractivity contribution < 1.29 is 19.1 Å². The summed E-state index contributed by atoms with van der Waals surface area (Å²) < 4.78 is 5.33. The molecule has 1 atom stereocenters. The van der Waals surface area contributed by atoms with Crippen molar-refractivity contribution in [2.75, 3.05) is 18.4 Å². The SMILES string of the molecule is C[C@H](OC(=O)C1CCN(C(=O)C(C)(C)C)CC1)C(=O)Nc1ccc(Cl)cc1. The highest BCUT2D eigenvalue weighted by Crippen LogP contribution is 2.24. The molecule has 1 aliphatic rings. The van der Waals surface area contributed by atoms with Crippen molar-refractivity contribution >= 4 is 35.1 Å². The van der Waals surface area contributed by atoms with Crippen LogP contribution < -0.4 is 5.32 Å². The van der Waals surface area contributed by atoms with Gasteiger partial charge in [-0.05, 0) is 44.0 Å². The molecule has 148 valence electrons. The van der Waals surface area contributed by atoms with E-state index < -0.39 is 23.4 Å². The standard InChI is InChI=1S/C20H27ClN2O4/c1-13(17(24)22-16-7-5-15(21)6-8-16)27-18(25)14-9-11-23(12-10-14)19(26)20(2,3)4/h5-8,13-14H,9-12H2,1-4H3,(H,22,24)/t13-/m0/s1. The maximum Gasteiger partial charge on any atom is 0.309 e. The van der Waals surface area contributed by atoms with Gasteiger partial charge in [0.2, 0.25) is 5.91 Å². The first kappa shape index (κ1) is 21.2. The number of likely N-dealkylation sites (tertiary alicyclic amines) is 1. The maximum atomic E-state index is 12.4. The average Bonchev–Trinajstić information content (AvgIpc) is 2.62. The number of anilines is 1. The summed E-state index contributed by atoms with van der Waals surface area (Å²) in [6.07, 6.45) is 0.195. The highest BCUT2D eigenvalue weighted by atomic mass is 35.5. The third kappa shape index (κ3) is 5.96. The molecule has 0 radical (unpaired) electrons. The van der Waals surface area contributed by atoms with E-state index in [-0.39, 0.29) is 11.8 Å². The number of halogens is 1. The van der Waals surface area contributed by atoms with Gasteiger partial charge in [-0.15, -0.1) is 0 Å². The molecule has 1 aromatic carbocycles. The minimum absolute atomic E-state index is 0.0880. The summed E-state index contributed by atoms with van der Waals surface area (Å²) in [6, 6.07) is 6.69. The first-order valence-electron chi connectivity index (χ1n) is 9.14. The Hall–Kier alpha value is -2.08. The predicted octanol–water partition coefficient (Wildman–Crippen LogP) is 3.49. The molecule has 0 bridgehead atoms. The summed E-state index contributed by atoms with van der Waals surface area (Å²) in [5.74, 6) is -0.993. The number of nitrogens with one attached hydrogen (secondary N) is 1. The molecule has 0 aliphatic carbocycles. The lowest BCUT2D eigenvalue weighted by Gasteiger charge is -2.35. The van der Waals surface area contributed by atoms with E-state index >= 15 is 0 Å². The van der Waals surface area contributed by atoms with E-state index in [4.69, 9.17) is 16.3 Å². The molecular formula is C20H27ClN2O4. The lowest BCUT2D eigenvalue weighted by molar-refractivity contribution is -0.160. The highest BCUT2D eigenvalue weighted by molar-refractivity contribution is 6.30. The third-order valence-electron chi connectivity index (χ3n) is 4.53. The number of hydrogen-bond donors (Lipinski definition) is 1. The van der Waals surface area contributed by atoms with E-state index in [1.54, 1.807) is 36.1 Å². The Morgan fingerprint density at radius 1 is 1.15 bits per heavy atom. The molecule has 0 aromatic heterocycles. The van der Waals surface area contributed by atoms with Crippen LogP contribution in [0.5, 0.6) is 0 Å². The van der Waals surface area contributed by atoms with Crippen molar-refractivity contribution in [3.63, 3.8) is 0 Å². The number of piperidine rings is 1. The van der Waals surface area contributed by atoms with Crippen LogP contribution in [-0.4, -0.2) is 41.9 Å². The Kier molecular flexibility index (Phi) is 6.87. The van der Waals surface area contributed by atoms with Crippen LogP contribution in [0, 0.1) is 11.3 Å². The highest BCUT2D eigenvalue weighted by Gasteiger charge is 2.33. The van der Waals surface area contributed by atoms with Crippen molar-refractivity contribution in [2.24, 2.45) is 11.3 Å². The van der Waals surface area contributed by atoms with Gasteiger partial charge < -0.3 is 15.0 Å². The first-order chi connectivity index (χ1) is 12.6. The van der Waals surface area contributed by atoms with Gasteiger partial charge in [-0.3, -0.25) is 14.4 Å². The summed E-state index contributed by atoms with van der Waals surface area (Å²) in [4.78, 5) is 38.7. The van der Waals surface area contributed by atoms with E-state index in [1.165, 1.54) is 0 Å². The van der Waals surface area contributed by atoms with Gasteiger partial charge in [0, 0.05) is 29.2 Å². The second kappa shape index (κ2) is 8.74. The van der Waals surface area contributed by atoms with Crippen LogP contribution >= 0.6 is 11.6 Å². The fourth-order valence-electron chi connectivity index (χ4n) is 2.89. The fourth-order valence-corrected chi connectivity index (χ4v) is 3.02. The number of carbonyl (C=O) groups excluding carboxylic acids is 3. The molecule has 1 aromatic rings. The minimum Gasteiger partial charge on any atom is -0.452 e. The number of benzene rings is 1. The van der Waals surface area contributed by atoms with Gasteiger partial charge in [0.15, 0.2) is 6.10 Å². The average molecular weight is 395 g/mol. The van der Waals surface area contributed by atoms with Crippen LogP contribution in [0.2, 0.25) is 5.02 Å². The van der Waals surface area contributed by atoms with Crippen LogP contribution in [0.15, 0.2) is 24.3 Å². The molecule has 1 fully saturated rings. The van der Waals surface area contributed by atoms with Crippen molar-refractivity contribution in [3.8, 4) is 0 Å². The van der Waals surface area contributed by atoms with Crippen LogP contribution in [-0.2, 0) is 19.1 Å². The fraction of sp³-hybridized carbons (Fsp3) is 0.550. The molecule has 1 heterocycles. The Labute approximate surface area is 165 Å². The molecule has 1 saturated heterocycles. The van der Waals surface area contributed by atoms with Gasteiger partial charge in [-0.1, -0.05) is 32.4 Å². The molecule has 27 heavy (non-hydrogen) atoms. The maximum absolute atomic E-state index is 12.4. The topological polar surface area (TPSA) is 75.7 Å². The Morgan fingerprint density at radius 3 is 2.22 bits per heavy atom. The molecule has 0 unspecified atom stereocenters. The zero-order chi connectivity index (χ0) is 20.2. The molecule has 7 heteroatoms. The molecule has 2 amide bonds. The third-order valence-corrected chi connectivity index (χ3v) is 4.78. The summed E-state index contributed by atoms with van der Waals surface area (Å²) >= 11 is 5.81. The minimum atomic E-state index is -0.901. The molecule has 0 saturated carbocycles. The van der Waals surface area contributed by atoms with Crippen LogP contribution in [0.3, 0.4) is 0 Å². The summed E-state index contributed by atoms with van der Waals surface area (Å²) in [5, 5.41) is 3.26. The van der Waals surface area contributed by atoms with Gasteiger partial charge >= 0.3 is 5.97 Å². The van der Waals surface area contributed by atoms with Gasteiger partial charge in [0.25, 0.3) is 5.91 Å². The van der Waals surface area contributed by atoms with E-state index in [9.17, 15) is 14.4 Å². The number of hydrogen-bond acceptors (Lipinski definition) is 4. The van der Waals surface area contributed by atoms with E-state index in [0.717, 1.165) is 0 Å². The van der Waals surface area contributed by atoms with Crippen molar-refractivity contribution in [1.82, 2.24) is 4.90 Å². The van der Waals surface area contributed by atoms with Crippen LogP contribution in [0.4, 0.5) is 5.69 Å². The number of amides is 2. The van der Waals surface area contributed by atoms with Gasteiger partial charge in [0.1, 0.15) is 0 Å². The molecular weight excluding hydrogens is 368 g/mol. The van der Waals surface area contributed by atoms with Gasteiger partial charge in [-0.25, -0.2) is 0 Å². The number of carbonyl (C=O) groups is 3. The zero-order valence-electron chi connectivity index (χ0n) is 16.3. The lowest BCUT2D eigenvalue weighted by Crippen LogP contribution is -2.45. The first-order valence-corrected chi connectivity index (χ1v) is 9.52. The summed E-state index contributed by atoms with van der Waals surface area (Å²) in [7, 11) is 0. The normalized spacial score (nSPS) is 16.6. The number of esters is 1. The van der Waals surface area contributed by atoms with Gasteiger partial charge in [-0.2, -0.15) is 0 Å². The van der Waals surface area contributed by atoms with Crippen LogP contribution in [0.25, 0.3) is 0 Å². The number of nitrogens with zero attached hydrogens (tertiary/aromatic N) is 1. The monoisotopic (exact) mass is 394 g/mol. The summed E-state index contributed by atoms with van der Waals surface area (Å²) in [5.41, 5.74) is 0.156. The quantitative estimate of drug-likeness (QED) is 0.793. The molecule has 1 N–H and O–H groups in total. The van der Waals surface area contributed by atoms with Crippen LogP contribution in [0.1, 0.15) is 40.5 Å². The second-order valence-corrected chi connectivity index (χ2v) is 8.33. The van der Waals surface area contributed by atoms with Crippen molar-refractivity contribution in [2.45, 2.75) is 46.6 Å². The summed E-state index contributed by atoms with van der Waals surface area (Å²) in [6.45, 7) is 8.26. The van der Waals surface area contributed by atoms with E-state index in [0.29, 0.717) is 36.6 Å². The Balaban J connectivity index is 1.82. The van der Waals surface area contributed by atoms with Gasteiger partial charge in [0.05, 0.1) is 5.92 Å². The number of rotatable bonds is 4. The van der Waals surface area contributed by atoms with Crippen molar-refractivity contribution in [1.29, 1.82) is 0 Å². The van der Waals surface area contributed by atoms with E-state index in [1.807, 2.05) is 20.8 Å². The largest absolute Gasteiger partial charge is 0.452 e. The zero-order valence-corrected chi connectivity index (χ0v) is 17.0. The van der Waals surface area contributed by atoms with E-state index in [2.05, 4.69) is 5.32 Å². The molecule has 6 nitrogen and oxygen atoms in total. The Morgan fingerprint density at radius 2 is 1.70 bits per heavy atom. The Bertz CT molecular complexity index is 689. The smallest absolute Gasteiger partial charge is 0.309 e. The lowest BCUT2D eigenvalue weighted by atomic mass is 9.91.